The van der Waals surface area contributed by atoms with Crippen molar-refractivity contribution in [1.82, 2.24) is 9.62 Å². The van der Waals surface area contributed by atoms with Gasteiger partial charge in [-0.1, -0.05) is 6.92 Å². The first-order valence-corrected chi connectivity index (χ1v) is 8.25. The van der Waals surface area contributed by atoms with Gasteiger partial charge in [0.1, 0.15) is 5.76 Å². The first-order valence-electron chi connectivity index (χ1n) is 6.40. The standard InChI is InChI=1S/C12H21N3O4S/c1-3-15(20(2,17)18)8-4-7-14-12(16)11-6-5-10(9-13)19-11/h5-6H,3-4,7-9,13H2,1-2H3,(H,14,16). The van der Waals surface area contributed by atoms with Crippen molar-refractivity contribution in [1.29, 1.82) is 0 Å². The van der Waals surface area contributed by atoms with Gasteiger partial charge in [0.05, 0.1) is 12.8 Å². The summed E-state index contributed by atoms with van der Waals surface area (Å²) >= 11 is 0. The molecule has 8 heteroatoms. The molecule has 3 N–H and O–H groups in total. The van der Waals surface area contributed by atoms with E-state index >= 15 is 0 Å². The van der Waals surface area contributed by atoms with Crippen LogP contribution in [0.3, 0.4) is 0 Å². The van der Waals surface area contributed by atoms with E-state index in [9.17, 15) is 13.2 Å². The third-order valence-electron chi connectivity index (χ3n) is 2.78. The summed E-state index contributed by atoms with van der Waals surface area (Å²) in [5, 5.41) is 2.67. The Morgan fingerprint density at radius 1 is 1.45 bits per heavy atom. The summed E-state index contributed by atoms with van der Waals surface area (Å²) in [4.78, 5) is 11.7. The molecule has 0 aliphatic carbocycles. The molecular formula is C12H21N3O4S. The highest BCUT2D eigenvalue weighted by molar-refractivity contribution is 7.88. The zero-order valence-corrected chi connectivity index (χ0v) is 12.6. The predicted octanol–water partition coefficient (Wildman–Crippen LogP) is 0.140. The van der Waals surface area contributed by atoms with Crippen LogP contribution in [0, 0.1) is 0 Å². The lowest BCUT2D eigenvalue weighted by Crippen LogP contribution is -2.33. The van der Waals surface area contributed by atoms with E-state index in [0.717, 1.165) is 0 Å². The first-order chi connectivity index (χ1) is 9.38. The van der Waals surface area contributed by atoms with Crippen LogP contribution in [-0.2, 0) is 16.6 Å². The molecule has 0 radical (unpaired) electrons. The number of carbonyl (C=O) groups excluding carboxylic acids is 1. The number of nitrogens with zero attached hydrogens (tertiary/aromatic N) is 1. The van der Waals surface area contributed by atoms with Gasteiger partial charge in [0, 0.05) is 19.6 Å². The largest absolute Gasteiger partial charge is 0.455 e. The fourth-order valence-electron chi connectivity index (χ4n) is 1.71. The Kier molecular flexibility index (Phi) is 6.18. The molecule has 1 rings (SSSR count). The number of nitrogens with two attached hydrogens (primary N) is 1. The SMILES string of the molecule is CCN(CCCNC(=O)c1ccc(CN)o1)S(C)(=O)=O. The quantitative estimate of drug-likeness (QED) is 0.665. The second kappa shape index (κ2) is 7.41. The summed E-state index contributed by atoms with van der Waals surface area (Å²) in [7, 11) is -3.18. The molecule has 0 spiro atoms. The molecule has 0 fully saturated rings. The van der Waals surface area contributed by atoms with Crippen LogP contribution in [-0.4, -0.2) is 44.5 Å². The van der Waals surface area contributed by atoms with E-state index in [1.165, 1.54) is 10.6 Å². The van der Waals surface area contributed by atoms with Crippen LogP contribution in [0.1, 0.15) is 29.7 Å². The highest BCUT2D eigenvalue weighted by Crippen LogP contribution is 2.06. The van der Waals surface area contributed by atoms with Crippen molar-refractivity contribution in [3.63, 3.8) is 0 Å². The Balaban J connectivity index is 2.35. The second-order valence-corrected chi connectivity index (χ2v) is 6.32. The van der Waals surface area contributed by atoms with Crippen molar-refractivity contribution in [2.45, 2.75) is 19.9 Å². The number of carbonyl (C=O) groups is 1. The summed E-state index contributed by atoms with van der Waals surface area (Å²) < 4.78 is 29.3. The molecule has 0 aliphatic heterocycles. The molecule has 1 aromatic heterocycles. The van der Waals surface area contributed by atoms with Crippen LogP contribution in [0.15, 0.2) is 16.5 Å². The lowest BCUT2D eigenvalue weighted by Gasteiger charge is -2.17. The van der Waals surface area contributed by atoms with Crippen LogP contribution >= 0.6 is 0 Å². The van der Waals surface area contributed by atoms with Crippen molar-refractivity contribution in [3.8, 4) is 0 Å². The number of furan rings is 1. The highest BCUT2D eigenvalue weighted by Gasteiger charge is 2.14. The van der Waals surface area contributed by atoms with E-state index in [0.29, 0.717) is 31.8 Å². The molecule has 0 aliphatic rings. The first kappa shape index (κ1) is 16.7. The van der Waals surface area contributed by atoms with E-state index in [1.807, 2.05) is 0 Å². The van der Waals surface area contributed by atoms with Crippen LogP contribution in [0.25, 0.3) is 0 Å². The third-order valence-corrected chi connectivity index (χ3v) is 4.16. The lowest BCUT2D eigenvalue weighted by atomic mass is 10.3. The van der Waals surface area contributed by atoms with Gasteiger partial charge >= 0.3 is 0 Å². The minimum Gasteiger partial charge on any atom is -0.455 e. The van der Waals surface area contributed by atoms with Crippen LogP contribution in [0.5, 0.6) is 0 Å². The van der Waals surface area contributed by atoms with Crippen LogP contribution < -0.4 is 11.1 Å². The van der Waals surface area contributed by atoms with Gasteiger partial charge in [0.2, 0.25) is 10.0 Å². The van der Waals surface area contributed by atoms with E-state index < -0.39 is 10.0 Å². The maximum Gasteiger partial charge on any atom is 0.286 e. The average molecular weight is 303 g/mol. The summed E-state index contributed by atoms with van der Waals surface area (Å²) in [5.74, 6) is 0.428. The zero-order valence-electron chi connectivity index (χ0n) is 11.8. The predicted molar refractivity (Wildman–Crippen MR) is 75.6 cm³/mol. The molecule has 114 valence electrons. The minimum atomic E-state index is -3.18. The third kappa shape index (κ3) is 4.95. The summed E-state index contributed by atoms with van der Waals surface area (Å²) in [6.07, 6.45) is 1.71. The Morgan fingerprint density at radius 2 is 2.15 bits per heavy atom. The number of hydrogen-bond donors (Lipinski definition) is 2. The number of hydrogen-bond acceptors (Lipinski definition) is 5. The number of nitrogens with one attached hydrogen (secondary N) is 1. The topological polar surface area (TPSA) is 106 Å². The molecular weight excluding hydrogens is 282 g/mol. The molecule has 0 saturated heterocycles. The molecule has 1 aromatic rings. The van der Waals surface area contributed by atoms with Gasteiger partial charge in [-0.05, 0) is 18.6 Å². The number of sulfonamides is 1. The Labute approximate surface area is 119 Å². The average Bonchev–Trinajstić information content (AvgIpc) is 2.85. The highest BCUT2D eigenvalue weighted by atomic mass is 32.2. The van der Waals surface area contributed by atoms with Crippen LogP contribution in [0.2, 0.25) is 0 Å². The Hall–Kier alpha value is -1.38. The van der Waals surface area contributed by atoms with E-state index in [4.69, 9.17) is 10.2 Å². The normalized spacial score (nSPS) is 11.8. The fourth-order valence-corrected chi connectivity index (χ4v) is 2.64. The molecule has 20 heavy (non-hydrogen) atoms. The van der Waals surface area contributed by atoms with Gasteiger partial charge in [-0.25, -0.2) is 12.7 Å². The molecule has 0 unspecified atom stereocenters. The van der Waals surface area contributed by atoms with Crippen molar-refractivity contribution in [2.24, 2.45) is 5.73 Å². The minimum absolute atomic E-state index is 0.209. The van der Waals surface area contributed by atoms with Gasteiger partial charge in [0.25, 0.3) is 5.91 Å². The van der Waals surface area contributed by atoms with Crippen molar-refractivity contribution in [3.05, 3.63) is 23.7 Å². The van der Waals surface area contributed by atoms with Crippen LogP contribution in [0.4, 0.5) is 0 Å². The van der Waals surface area contributed by atoms with Gasteiger partial charge in [-0.2, -0.15) is 0 Å². The smallest absolute Gasteiger partial charge is 0.286 e. The number of amides is 1. The molecule has 1 amide bonds. The Morgan fingerprint density at radius 3 is 2.65 bits per heavy atom. The summed E-state index contributed by atoms with van der Waals surface area (Å²) in [6.45, 7) is 3.19. The maximum absolute atomic E-state index is 11.7. The number of rotatable bonds is 8. The van der Waals surface area contributed by atoms with Gasteiger partial charge in [0.15, 0.2) is 5.76 Å². The van der Waals surface area contributed by atoms with E-state index in [2.05, 4.69) is 5.32 Å². The molecule has 0 bridgehead atoms. The summed E-state index contributed by atoms with van der Waals surface area (Å²) in [6, 6.07) is 3.21. The molecule has 0 atom stereocenters. The van der Waals surface area contributed by atoms with Crippen molar-refractivity contribution < 1.29 is 17.6 Å². The van der Waals surface area contributed by atoms with Gasteiger partial charge < -0.3 is 15.5 Å². The lowest BCUT2D eigenvalue weighted by molar-refractivity contribution is 0.0923. The maximum atomic E-state index is 11.7. The zero-order chi connectivity index (χ0) is 15.2. The molecule has 0 saturated carbocycles. The Bertz CT molecular complexity index is 539. The van der Waals surface area contributed by atoms with Crippen molar-refractivity contribution >= 4 is 15.9 Å². The van der Waals surface area contributed by atoms with Crippen molar-refractivity contribution in [2.75, 3.05) is 25.9 Å². The van der Waals surface area contributed by atoms with Gasteiger partial charge in [-0.3, -0.25) is 4.79 Å². The molecule has 1 heterocycles. The van der Waals surface area contributed by atoms with E-state index in [1.54, 1.807) is 19.1 Å². The molecule has 7 nitrogen and oxygen atoms in total. The monoisotopic (exact) mass is 303 g/mol. The second-order valence-electron chi connectivity index (χ2n) is 4.33. The summed E-state index contributed by atoms with van der Waals surface area (Å²) in [5.41, 5.74) is 5.39. The fraction of sp³-hybridized carbons (Fsp3) is 0.583. The molecule has 0 aromatic carbocycles. The van der Waals surface area contributed by atoms with E-state index in [-0.39, 0.29) is 18.2 Å². The van der Waals surface area contributed by atoms with Gasteiger partial charge in [-0.15, -0.1) is 0 Å².